The lowest BCUT2D eigenvalue weighted by molar-refractivity contribution is -0.385. The first-order valence-corrected chi connectivity index (χ1v) is 7.49. The van der Waals surface area contributed by atoms with E-state index in [0.29, 0.717) is 16.0 Å². The highest BCUT2D eigenvalue weighted by Crippen LogP contribution is 2.34. The summed E-state index contributed by atoms with van der Waals surface area (Å²) in [6.45, 7) is 0.238. The first kappa shape index (κ1) is 15.8. The number of benzene rings is 2. The molecule has 0 aliphatic carbocycles. The molecule has 7 heteroatoms. The molecule has 0 aliphatic rings. The van der Waals surface area contributed by atoms with Gasteiger partial charge in [-0.15, -0.1) is 0 Å². The van der Waals surface area contributed by atoms with E-state index in [9.17, 15) is 10.1 Å². The van der Waals surface area contributed by atoms with Gasteiger partial charge in [0.15, 0.2) is 0 Å². The Morgan fingerprint density at radius 1 is 1.19 bits per heavy atom. The molecule has 0 radical (unpaired) electrons. The van der Waals surface area contributed by atoms with E-state index in [-0.39, 0.29) is 12.3 Å². The van der Waals surface area contributed by atoms with Crippen molar-refractivity contribution in [3.63, 3.8) is 0 Å². The molecule has 0 amide bonds. The topological polar surface area (TPSA) is 61.6 Å². The molecule has 0 fully saturated rings. The van der Waals surface area contributed by atoms with Crippen LogP contribution in [0.1, 0.15) is 5.56 Å². The molecule has 0 heterocycles. The monoisotopic (exact) mass is 415 g/mol. The minimum Gasteiger partial charge on any atom is -0.496 e. The molecule has 0 N–H and O–H groups in total. The van der Waals surface area contributed by atoms with Crippen LogP contribution in [0.5, 0.6) is 11.5 Å². The molecule has 0 aromatic heterocycles. The van der Waals surface area contributed by atoms with Crippen LogP contribution >= 0.6 is 31.9 Å². The summed E-state index contributed by atoms with van der Waals surface area (Å²) in [7, 11) is 1.58. The molecule has 0 bridgehead atoms. The molecule has 2 aromatic rings. The van der Waals surface area contributed by atoms with Crippen molar-refractivity contribution in [3.8, 4) is 11.5 Å². The molecule has 0 atom stereocenters. The molecule has 0 unspecified atom stereocenters. The van der Waals surface area contributed by atoms with Crippen molar-refractivity contribution in [2.45, 2.75) is 6.61 Å². The van der Waals surface area contributed by atoms with E-state index in [4.69, 9.17) is 9.47 Å². The van der Waals surface area contributed by atoms with Gasteiger partial charge in [-0.25, -0.2) is 0 Å². The van der Waals surface area contributed by atoms with Crippen LogP contribution in [0.2, 0.25) is 0 Å². The highest BCUT2D eigenvalue weighted by atomic mass is 79.9. The Morgan fingerprint density at radius 3 is 2.62 bits per heavy atom. The lowest BCUT2D eigenvalue weighted by atomic mass is 10.2. The zero-order chi connectivity index (χ0) is 15.4. The van der Waals surface area contributed by atoms with Crippen LogP contribution in [0, 0.1) is 10.1 Å². The Bertz CT molecular complexity index is 676. The summed E-state index contributed by atoms with van der Waals surface area (Å²) in [6, 6.07) is 10.2. The molecular formula is C14H11Br2NO4. The quantitative estimate of drug-likeness (QED) is 0.523. The normalized spacial score (nSPS) is 10.2. The van der Waals surface area contributed by atoms with E-state index < -0.39 is 4.92 Å². The van der Waals surface area contributed by atoms with Gasteiger partial charge >= 0.3 is 0 Å². The van der Waals surface area contributed by atoms with E-state index in [1.54, 1.807) is 19.2 Å². The number of hydrogen-bond donors (Lipinski definition) is 0. The first-order valence-electron chi connectivity index (χ1n) is 5.91. The van der Waals surface area contributed by atoms with Gasteiger partial charge < -0.3 is 9.47 Å². The molecule has 0 spiro atoms. The average molecular weight is 417 g/mol. The zero-order valence-electron chi connectivity index (χ0n) is 11.0. The van der Waals surface area contributed by atoms with Crippen molar-refractivity contribution in [2.24, 2.45) is 0 Å². The van der Waals surface area contributed by atoms with Gasteiger partial charge in [0.1, 0.15) is 22.6 Å². The van der Waals surface area contributed by atoms with Gasteiger partial charge in [0, 0.05) is 16.1 Å². The minimum absolute atomic E-state index is 0.0336. The second-order valence-corrected chi connectivity index (χ2v) is 5.80. The number of nitro groups is 1. The molecule has 21 heavy (non-hydrogen) atoms. The standard InChI is InChI=1S/C14H11Br2NO4/c1-20-12-6-5-10(15)7-9(12)8-21-13-4-2-3-11(14(13)16)17(18)19/h2-7H,8H2,1H3. The molecule has 0 aliphatic heterocycles. The summed E-state index contributed by atoms with van der Waals surface area (Å²) in [5.74, 6) is 1.10. The van der Waals surface area contributed by atoms with E-state index in [0.717, 1.165) is 10.0 Å². The Hall–Kier alpha value is -1.60. The van der Waals surface area contributed by atoms with E-state index in [1.807, 2.05) is 18.2 Å². The van der Waals surface area contributed by atoms with Crippen LogP contribution in [0.3, 0.4) is 0 Å². The number of methoxy groups -OCH3 is 1. The van der Waals surface area contributed by atoms with Crippen LogP contribution in [-0.2, 0) is 6.61 Å². The fraction of sp³-hybridized carbons (Fsp3) is 0.143. The summed E-state index contributed by atoms with van der Waals surface area (Å²) in [6.07, 6.45) is 0. The van der Waals surface area contributed by atoms with Gasteiger partial charge in [-0.2, -0.15) is 0 Å². The Morgan fingerprint density at radius 2 is 1.95 bits per heavy atom. The van der Waals surface area contributed by atoms with Crippen molar-refractivity contribution in [1.29, 1.82) is 0 Å². The van der Waals surface area contributed by atoms with Gasteiger partial charge in [-0.1, -0.05) is 22.0 Å². The predicted octanol–water partition coefficient (Wildman–Crippen LogP) is 4.71. The van der Waals surface area contributed by atoms with Crippen molar-refractivity contribution in [3.05, 3.63) is 61.0 Å². The predicted molar refractivity (Wildman–Crippen MR) is 85.8 cm³/mol. The summed E-state index contributed by atoms with van der Waals surface area (Å²) in [4.78, 5) is 10.4. The first-order chi connectivity index (χ1) is 10.0. The van der Waals surface area contributed by atoms with Gasteiger partial charge in [0.25, 0.3) is 5.69 Å². The van der Waals surface area contributed by atoms with Gasteiger partial charge in [-0.05, 0) is 40.2 Å². The molecule has 0 saturated heterocycles. The molecule has 110 valence electrons. The SMILES string of the molecule is COc1ccc(Br)cc1COc1cccc([N+](=O)[O-])c1Br. The van der Waals surface area contributed by atoms with Crippen LogP contribution < -0.4 is 9.47 Å². The molecular weight excluding hydrogens is 406 g/mol. The maximum Gasteiger partial charge on any atom is 0.287 e. The summed E-state index contributed by atoms with van der Waals surface area (Å²) >= 11 is 6.59. The average Bonchev–Trinajstić information content (AvgIpc) is 2.46. The highest BCUT2D eigenvalue weighted by molar-refractivity contribution is 9.11. The Kier molecular flexibility index (Phi) is 5.19. The van der Waals surface area contributed by atoms with Crippen LogP contribution in [0.25, 0.3) is 0 Å². The Labute approximate surface area is 138 Å². The van der Waals surface area contributed by atoms with Crippen molar-refractivity contribution in [2.75, 3.05) is 7.11 Å². The second-order valence-electron chi connectivity index (χ2n) is 4.09. The van der Waals surface area contributed by atoms with Gasteiger partial charge in [0.05, 0.1) is 12.0 Å². The van der Waals surface area contributed by atoms with Crippen molar-refractivity contribution >= 4 is 37.5 Å². The lowest BCUT2D eigenvalue weighted by Crippen LogP contribution is -2.00. The molecule has 2 aromatic carbocycles. The third kappa shape index (κ3) is 3.74. The summed E-state index contributed by atoms with van der Waals surface area (Å²) in [5.41, 5.74) is 0.805. The summed E-state index contributed by atoms with van der Waals surface area (Å²) in [5, 5.41) is 10.9. The molecule has 0 saturated carbocycles. The number of halogens is 2. The lowest BCUT2D eigenvalue weighted by Gasteiger charge is -2.11. The number of hydrogen-bond acceptors (Lipinski definition) is 4. The maximum atomic E-state index is 10.9. The molecule has 5 nitrogen and oxygen atoms in total. The van der Waals surface area contributed by atoms with Crippen molar-refractivity contribution < 1.29 is 14.4 Å². The number of nitrogens with zero attached hydrogens (tertiary/aromatic N) is 1. The fourth-order valence-electron chi connectivity index (χ4n) is 1.77. The third-order valence-electron chi connectivity index (χ3n) is 2.77. The van der Waals surface area contributed by atoms with Crippen LogP contribution in [0.15, 0.2) is 45.3 Å². The van der Waals surface area contributed by atoms with Crippen LogP contribution in [0.4, 0.5) is 5.69 Å². The van der Waals surface area contributed by atoms with Gasteiger partial charge in [-0.3, -0.25) is 10.1 Å². The Balaban J connectivity index is 2.23. The maximum absolute atomic E-state index is 10.9. The minimum atomic E-state index is -0.462. The number of nitro benzene ring substituents is 1. The van der Waals surface area contributed by atoms with Crippen LogP contribution in [-0.4, -0.2) is 12.0 Å². The second kappa shape index (κ2) is 6.91. The third-order valence-corrected chi connectivity index (χ3v) is 4.06. The fourth-order valence-corrected chi connectivity index (χ4v) is 2.70. The van der Waals surface area contributed by atoms with Crippen molar-refractivity contribution in [1.82, 2.24) is 0 Å². The van der Waals surface area contributed by atoms with E-state index in [2.05, 4.69) is 31.9 Å². The smallest absolute Gasteiger partial charge is 0.287 e. The van der Waals surface area contributed by atoms with Gasteiger partial charge in [0.2, 0.25) is 0 Å². The van der Waals surface area contributed by atoms with E-state index >= 15 is 0 Å². The summed E-state index contributed by atoms with van der Waals surface area (Å²) < 4.78 is 12.1. The molecule has 2 rings (SSSR count). The number of rotatable bonds is 5. The van der Waals surface area contributed by atoms with E-state index in [1.165, 1.54) is 6.07 Å². The largest absolute Gasteiger partial charge is 0.496 e. The zero-order valence-corrected chi connectivity index (χ0v) is 14.2. The highest BCUT2D eigenvalue weighted by Gasteiger charge is 2.16. The number of ether oxygens (including phenoxy) is 2.